The minimum atomic E-state index is -0.0174. The molecule has 0 aliphatic rings. The summed E-state index contributed by atoms with van der Waals surface area (Å²) < 4.78 is 0. The quantitative estimate of drug-likeness (QED) is 0.477. The van der Waals surface area contributed by atoms with Gasteiger partial charge in [0.1, 0.15) is 0 Å². The second-order valence-electron chi connectivity index (χ2n) is 3.43. The van der Waals surface area contributed by atoms with E-state index < -0.39 is 0 Å². The van der Waals surface area contributed by atoms with Crippen molar-refractivity contribution >= 4 is 9.68 Å². The van der Waals surface area contributed by atoms with Crippen molar-refractivity contribution in [3.63, 3.8) is 0 Å². The molecule has 0 aliphatic carbocycles. The van der Waals surface area contributed by atoms with Crippen LogP contribution in [0, 0.1) is 0 Å². The molecule has 0 amide bonds. The van der Waals surface area contributed by atoms with Gasteiger partial charge in [0.25, 0.3) is 0 Å². The SMILES string of the molecule is CCC(C)[SiH2]NCN(CC)CC. The third kappa shape index (κ3) is 5.74. The fourth-order valence-electron chi connectivity index (χ4n) is 1.06. The van der Waals surface area contributed by atoms with Crippen LogP contribution >= 0.6 is 0 Å². The molecule has 0 fully saturated rings. The van der Waals surface area contributed by atoms with Crippen molar-refractivity contribution < 1.29 is 0 Å². The van der Waals surface area contributed by atoms with Crippen molar-refractivity contribution in [2.75, 3.05) is 19.8 Å². The Hall–Kier alpha value is 0.137. The summed E-state index contributed by atoms with van der Waals surface area (Å²) in [5.74, 6) is 0. The minimum Gasteiger partial charge on any atom is -0.330 e. The third-order valence-corrected chi connectivity index (χ3v) is 4.21. The van der Waals surface area contributed by atoms with E-state index in [4.69, 9.17) is 0 Å². The summed E-state index contributed by atoms with van der Waals surface area (Å²) in [6.07, 6.45) is 1.33. The Morgan fingerprint density at radius 3 is 2.25 bits per heavy atom. The summed E-state index contributed by atoms with van der Waals surface area (Å²) in [5, 5.41) is 0. The predicted molar refractivity (Wildman–Crippen MR) is 59.2 cm³/mol. The zero-order valence-corrected chi connectivity index (χ0v) is 10.5. The molecule has 0 heterocycles. The van der Waals surface area contributed by atoms with Crippen LogP contribution in [-0.2, 0) is 0 Å². The molecule has 0 aliphatic heterocycles. The molecule has 74 valence electrons. The zero-order valence-electron chi connectivity index (χ0n) is 9.06. The molecule has 0 aromatic rings. The molecule has 2 nitrogen and oxygen atoms in total. The van der Waals surface area contributed by atoms with Crippen LogP contribution in [-0.4, -0.2) is 34.3 Å². The van der Waals surface area contributed by atoms with Crippen molar-refractivity contribution in [3.8, 4) is 0 Å². The molecule has 0 aromatic heterocycles. The molecule has 0 aromatic carbocycles. The van der Waals surface area contributed by atoms with Crippen molar-refractivity contribution in [2.45, 2.75) is 39.7 Å². The summed E-state index contributed by atoms with van der Waals surface area (Å²) in [7, 11) is -0.0174. The lowest BCUT2D eigenvalue weighted by molar-refractivity contribution is 0.300. The van der Waals surface area contributed by atoms with Gasteiger partial charge in [0, 0.05) is 6.67 Å². The second kappa shape index (κ2) is 7.77. The van der Waals surface area contributed by atoms with Crippen molar-refractivity contribution in [2.24, 2.45) is 0 Å². The van der Waals surface area contributed by atoms with Crippen LogP contribution in [0.5, 0.6) is 0 Å². The van der Waals surface area contributed by atoms with Gasteiger partial charge in [0.15, 0.2) is 0 Å². The highest BCUT2D eigenvalue weighted by atomic mass is 28.2. The van der Waals surface area contributed by atoms with Crippen LogP contribution in [0.15, 0.2) is 0 Å². The average Bonchev–Trinajstić information content (AvgIpc) is 2.12. The van der Waals surface area contributed by atoms with E-state index >= 15 is 0 Å². The first-order valence-electron chi connectivity index (χ1n) is 5.17. The van der Waals surface area contributed by atoms with Crippen LogP contribution in [0.2, 0.25) is 5.54 Å². The maximum absolute atomic E-state index is 3.60. The predicted octanol–water partition coefficient (Wildman–Crippen LogP) is 1.18. The van der Waals surface area contributed by atoms with E-state index in [0.29, 0.717) is 0 Å². The lowest BCUT2D eigenvalue weighted by Gasteiger charge is -2.19. The van der Waals surface area contributed by atoms with Gasteiger partial charge in [0.05, 0.1) is 9.68 Å². The number of hydrogen-bond donors (Lipinski definition) is 1. The van der Waals surface area contributed by atoms with E-state index in [9.17, 15) is 0 Å². The molecular weight excluding hydrogens is 164 g/mol. The van der Waals surface area contributed by atoms with Gasteiger partial charge in [-0.3, -0.25) is 4.90 Å². The molecule has 0 saturated heterocycles. The molecule has 1 N–H and O–H groups in total. The summed E-state index contributed by atoms with van der Waals surface area (Å²) in [6.45, 7) is 12.5. The first kappa shape index (κ1) is 12.1. The van der Waals surface area contributed by atoms with Crippen LogP contribution in [0.25, 0.3) is 0 Å². The lowest BCUT2D eigenvalue weighted by atomic mass is 10.4. The molecule has 0 rings (SSSR count). The summed E-state index contributed by atoms with van der Waals surface area (Å²) >= 11 is 0. The molecular formula is C9H24N2Si. The van der Waals surface area contributed by atoms with Crippen LogP contribution in [0.1, 0.15) is 34.1 Å². The molecule has 0 bridgehead atoms. The maximum atomic E-state index is 3.60. The average molecular weight is 188 g/mol. The van der Waals surface area contributed by atoms with Crippen LogP contribution < -0.4 is 4.98 Å². The number of hydrogen-bond acceptors (Lipinski definition) is 2. The van der Waals surface area contributed by atoms with Gasteiger partial charge < -0.3 is 4.98 Å². The minimum absolute atomic E-state index is 0.0174. The zero-order chi connectivity index (χ0) is 9.40. The Morgan fingerprint density at radius 1 is 1.25 bits per heavy atom. The summed E-state index contributed by atoms with van der Waals surface area (Å²) in [4.78, 5) is 6.03. The van der Waals surface area contributed by atoms with Gasteiger partial charge in [-0.2, -0.15) is 0 Å². The normalized spacial score (nSPS) is 14.8. The van der Waals surface area contributed by atoms with Gasteiger partial charge in [-0.25, -0.2) is 0 Å². The number of rotatable bonds is 7. The van der Waals surface area contributed by atoms with Gasteiger partial charge in [-0.05, 0) is 18.6 Å². The van der Waals surface area contributed by atoms with E-state index in [1.165, 1.54) is 19.5 Å². The summed E-state index contributed by atoms with van der Waals surface area (Å²) in [5.41, 5.74) is 0.945. The number of nitrogens with zero attached hydrogens (tertiary/aromatic N) is 1. The molecule has 3 heteroatoms. The molecule has 0 radical (unpaired) electrons. The van der Waals surface area contributed by atoms with Gasteiger partial charge in [0.2, 0.25) is 0 Å². The monoisotopic (exact) mass is 188 g/mol. The van der Waals surface area contributed by atoms with E-state index in [0.717, 1.165) is 12.2 Å². The Bertz CT molecular complexity index is 94.5. The Balaban J connectivity index is 3.28. The first-order valence-corrected chi connectivity index (χ1v) is 6.69. The standard InChI is InChI=1S/C9H24N2Si/c1-5-9(4)12-10-8-11(6-2)7-3/h9-10H,5-8,12H2,1-4H3. The molecule has 1 atom stereocenters. The highest BCUT2D eigenvalue weighted by Crippen LogP contribution is 2.02. The van der Waals surface area contributed by atoms with Gasteiger partial charge in [-0.15, -0.1) is 0 Å². The maximum Gasteiger partial charge on any atom is 0.0958 e. The smallest absolute Gasteiger partial charge is 0.0958 e. The molecule has 0 saturated carbocycles. The van der Waals surface area contributed by atoms with Crippen molar-refractivity contribution in [1.82, 2.24) is 9.88 Å². The topological polar surface area (TPSA) is 15.3 Å². The second-order valence-corrected chi connectivity index (χ2v) is 5.73. The fraction of sp³-hybridized carbons (Fsp3) is 1.00. The number of nitrogens with one attached hydrogen (secondary N) is 1. The van der Waals surface area contributed by atoms with E-state index in [2.05, 4.69) is 37.6 Å². The van der Waals surface area contributed by atoms with E-state index in [-0.39, 0.29) is 9.68 Å². The Morgan fingerprint density at radius 2 is 1.83 bits per heavy atom. The fourth-order valence-corrected chi connectivity index (χ4v) is 2.29. The molecule has 12 heavy (non-hydrogen) atoms. The first-order chi connectivity index (χ1) is 5.74. The molecule has 0 spiro atoms. The van der Waals surface area contributed by atoms with Crippen molar-refractivity contribution in [3.05, 3.63) is 0 Å². The highest BCUT2D eigenvalue weighted by molar-refractivity contribution is 6.34. The largest absolute Gasteiger partial charge is 0.330 e. The van der Waals surface area contributed by atoms with E-state index in [1.807, 2.05) is 0 Å². The Labute approximate surface area is 79.6 Å². The molecule has 1 unspecified atom stereocenters. The van der Waals surface area contributed by atoms with Gasteiger partial charge >= 0.3 is 0 Å². The third-order valence-electron chi connectivity index (χ3n) is 2.42. The summed E-state index contributed by atoms with van der Waals surface area (Å²) in [6, 6.07) is 0. The Kier molecular flexibility index (Phi) is 7.86. The lowest BCUT2D eigenvalue weighted by Crippen LogP contribution is -2.36. The van der Waals surface area contributed by atoms with Crippen LogP contribution in [0.4, 0.5) is 0 Å². The van der Waals surface area contributed by atoms with Crippen molar-refractivity contribution in [1.29, 1.82) is 0 Å². The highest BCUT2D eigenvalue weighted by Gasteiger charge is 2.00. The van der Waals surface area contributed by atoms with Gasteiger partial charge in [-0.1, -0.05) is 34.1 Å². The van der Waals surface area contributed by atoms with E-state index in [1.54, 1.807) is 0 Å². The van der Waals surface area contributed by atoms with Crippen LogP contribution in [0.3, 0.4) is 0 Å².